The van der Waals surface area contributed by atoms with Crippen molar-refractivity contribution in [1.82, 2.24) is 19.9 Å². The standard InChI is InChI=1S/C27H32N4O5S2/c1-5-15-30-25(32)27(37(33,34)22-13-11-21(12-14-22)26(2,3)4)19-28-17-18-31(27)38(35,36)23-10-6-8-20-9-7-16-29-24(20)23/h5-14,16,28H,1,15,17-19H2,2-4H3,(H,30,32)/t27-/m0/s1. The molecule has 2 N–H and O–H groups in total. The number of nitrogens with one attached hydrogen (secondary N) is 2. The van der Waals surface area contributed by atoms with E-state index in [4.69, 9.17) is 0 Å². The number of pyridine rings is 1. The van der Waals surface area contributed by atoms with E-state index in [0.29, 0.717) is 5.39 Å². The zero-order chi connectivity index (χ0) is 27.8. The highest BCUT2D eigenvalue weighted by molar-refractivity contribution is 7.95. The predicted molar refractivity (Wildman–Crippen MR) is 147 cm³/mol. The number of para-hydroxylation sites is 1. The number of aromatic nitrogens is 1. The molecule has 2 aromatic carbocycles. The number of amides is 1. The topological polar surface area (TPSA) is 126 Å². The number of sulfonamides is 1. The van der Waals surface area contributed by atoms with Crippen LogP contribution < -0.4 is 10.6 Å². The van der Waals surface area contributed by atoms with Gasteiger partial charge < -0.3 is 10.6 Å². The number of hydrogen-bond donors (Lipinski definition) is 2. The molecule has 1 aliphatic rings. The summed E-state index contributed by atoms with van der Waals surface area (Å²) in [5.41, 5.74) is 0.861. The highest BCUT2D eigenvalue weighted by atomic mass is 32.2. The van der Waals surface area contributed by atoms with Crippen LogP contribution in [-0.2, 0) is 30.1 Å². The van der Waals surface area contributed by atoms with Crippen molar-refractivity contribution in [2.24, 2.45) is 0 Å². The molecule has 38 heavy (non-hydrogen) atoms. The zero-order valence-electron chi connectivity index (χ0n) is 21.6. The van der Waals surface area contributed by atoms with Gasteiger partial charge in [0.15, 0.2) is 0 Å². The van der Waals surface area contributed by atoms with E-state index in [1.807, 2.05) is 20.8 Å². The van der Waals surface area contributed by atoms with E-state index in [0.717, 1.165) is 9.87 Å². The van der Waals surface area contributed by atoms with E-state index in [1.165, 1.54) is 30.5 Å². The highest BCUT2D eigenvalue weighted by Gasteiger charge is 2.61. The third kappa shape index (κ3) is 4.64. The molecule has 1 fully saturated rings. The number of rotatable bonds is 7. The molecule has 1 aromatic heterocycles. The van der Waals surface area contributed by atoms with Crippen molar-refractivity contribution in [3.05, 3.63) is 79.0 Å². The van der Waals surface area contributed by atoms with E-state index in [9.17, 15) is 21.6 Å². The van der Waals surface area contributed by atoms with Crippen molar-refractivity contribution >= 4 is 36.7 Å². The first-order valence-corrected chi connectivity index (χ1v) is 15.1. The van der Waals surface area contributed by atoms with E-state index in [1.54, 1.807) is 36.4 Å². The average Bonchev–Trinajstić information content (AvgIpc) is 2.90. The van der Waals surface area contributed by atoms with Crippen LogP contribution in [0, 0.1) is 0 Å². The number of piperazine rings is 1. The Bertz CT molecular complexity index is 1570. The van der Waals surface area contributed by atoms with Crippen molar-refractivity contribution in [3.63, 3.8) is 0 Å². The van der Waals surface area contributed by atoms with Crippen LogP contribution in [0.25, 0.3) is 10.9 Å². The SMILES string of the molecule is C=CCNC(=O)[C@@]1(S(=O)(=O)c2ccc(C(C)(C)C)cc2)CNCCN1S(=O)(=O)c1cccc2cccnc12. The molecule has 0 aliphatic carbocycles. The summed E-state index contributed by atoms with van der Waals surface area (Å²) >= 11 is 0. The minimum absolute atomic E-state index is 0.0389. The van der Waals surface area contributed by atoms with Gasteiger partial charge in [-0.2, -0.15) is 4.31 Å². The maximum Gasteiger partial charge on any atom is 0.259 e. The van der Waals surface area contributed by atoms with Gasteiger partial charge in [-0.25, -0.2) is 16.8 Å². The van der Waals surface area contributed by atoms with Crippen LogP contribution in [0.15, 0.2) is 83.2 Å². The molecule has 2 heterocycles. The summed E-state index contributed by atoms with van der Waals surface area (Å²) in [6, 6.07) is 14.3. The molecule has 1 saturated heterocycles. The number of benzene rings is 2. The van der Waals surface area contributed by atoms with Crippen molar-refractivity contribution in [2.75, 3.05) is 26.2 Å². The van der Waals surface area contributed by atoms with Gasteiger partial charge in [-0.05, 0) is 35.2 Å². The summed E-state index contributed by atoms with van der Waals surface area (Å²) < 4.78 is 58.1. The third-order valence-corrected chi connectivity index (χ3v) is 11.1. The number of carbonyl (C=O) groups excluding carboxylic acids is 1. The van der Waals surface area contributed by atoms with Gasteiger partial charge >= 0.3 is 0 Å². The number of hydrogen-bond acceptors (Lipinski definition) is 7. The lowest BCUT2D eigenvalue weighted by atomic mass is 9.87. The largest absolute Gasteiger partial charge is 0.350 e. The normalized spacial score (nSPS) is 19.2. The van der Waals surface area contributed by atoms with Gasteiger partial charge in [-0.15, -0.1) is 6.58 Å². The molecule has 3 aromatic rings. The van der Waals surface area contributed by atoms with Gasteiger partial charge in [0.25, 0.3) is 5.91 Å². The fourth-order valence-electron chi connectivity index (χ4n) is 4.60. The summed E-state index contributed by atoms with van der Waals surface area (Å²) in [6.45, 7) is 9.02. The molecule has 1 amide bonds. The van der Waals surface area contributed by atoms with Crippen LogP contribution in [0.5, 0.6) is 0 Å². The summed E-state index contributed by atoms with van der Waals surface area (Å²) in [7, 11) is -9.12. The molecule has 4 rings (SSSR count). The molecule has 0 bridgehead atoms. The van der Waals surface area contributed by atoms with E-state index in [-0.39, 0.29) is 40.4 Å². The van der Waals surface area contributed by atoms with E-state index < -0.39 is 37.2 Å². The minimum Gasteiger partial charge on any atom is -0.350 e. The first-order chi connectivity index (χ1) is 17.9. The van der Waals surface area contributed by atoms with Crippen LogP contribution in [-0.4, -0.2) is 63.1 Å². The second-order valence-corrected chi connectivity index (χ2v) is 14.1. The molecule has 9 nitrogen and oxygen atoms in total. The Kier molecular flexibility index (Phi) is 7.50. The molecule has 202 valence electrons. The van der Waals surface area contributed by atoms with Gasteiger partial charge in [-0.3, -0.25) is 9.78 Å². The molecular formula is C27H32N4O5S2. The molecule has 0 spiro atoms. The number of fused-ring (bicyclic) bond motifs is 1. The third-order valence-electron chi connectivity index (χ3n) is 6.66. The van der Waals surface area contributed by atoms with Crippen LogP contribution in [0.4, 0.5) is 0 Å². The van der Waals surface area contributed by atoms with Gasteiger partial charge in [0.2, 0.25) is 24.7 Å². The Hall–Kier alpha value is -3.12. The number of sulfone groups is 1. The molecular weight excluding hydrogens is 524 g/mol. The fourth-order valence-corrected chi connectivity index (χ4v) is 8.81. The van der Waals surface area contributed by atoms with Gasteiger partial charge in [-0.1, -0.05) is 57.2 Å². The van der Waals surface area contributed by atoms with Crippen LogP contribution in [0.1, 0.15) is 26.3 Å². The van der Waals surface area contributed by atoms with Crippen molar-refractivity contribution in [2.45, 2.75) is 40.8 Å². The molecule has 11 heteroatoms. The molecule has 1 aliphatic heterocycles. The van der Waals surface area contributed by atoms with Crippen LogP contribution >= 0.6 is 0 Å². The summed E-state index contributed by atoms with van der Waals surface area (Å²) in [6.07, 6.45) is 2.87. The van der Waals surface area contributed by atoms with Crippen LogP contribution in [0.3, 0.4) is 0 Å². The second kappa shape index (κ2) is 10.2. The van der Waals surface area contributed by atoms with Gasteiger partial charge in [0.05, 0.1) is 10.4 Å². The number of nitrogens with zero attached hydrogens (tertiary/aromatic N) is 2. The Morgan fingerprint density at radius 3 is 2.45 bits per heavy atom. The molecule has 1 atom stereocenters. The average molecular weight is 557 g/mol. The molecule has 0 saturated carbocycles. The van der Waals surface area contributed by atoms with E-state index in [2.05, 4.69) is 22.2 Å². The van der Waals surface area contributed by atoms with Gasteiger partial charge in [0.1, 0.15) is 4.90 Å². The monoisotopic (exact) mass is 556 g/mol. The summed E-state index contributed by atoms with van der Waals surface area (Å²) in [5.74, 6) is -0.957. The maximum atomic E-state index is 14.4. The van der Waals surface area contributed by atoms with Crippen molar-refractivity contribution in [1.29, 1.82) is 0 Å². The Morgan fingerprint density at radius 2 is 1.79 bits per heavy atom. The highest BCUT2D eigenvalue weighted by Crippen LogP contribution is 2.37. The van der Waals surface area contributed by atoms with Crippen molar-refractivity contribution < 1.29 is 21.6 Å². The Balaban J connectivity index is 1.95. The number of carbonyl (C=O) groups is 1. The Labute approximate surface area is 223 Å². The lowest BCUT2D eigenvalue weighted by molar-refractivity contribution is -0.126. The zero-order valence-corrected chi connectivity index (χ0v) is 23.3. The smallest absolute Gasteiger partial charge is 0.259 e. The fraction of sp³-hybridized carbons (Fsp3) is 0.333. The molecule has 0 unspecified atom stereocenters. The van der Waals surface area contributed by atoms with Crippen LogP contribution in [0.2, 0.25) is 0 Å². The Morgan fingerprint density at radius 1 is 1.11 bits per heavy atom. The first-order valence-electron chi connectivity index (χ1n) is 12.2. The lowest BCUT2D eigenvalue weighted by Gasteiger charge is -2.43. The predicted octanol–water partition coefficient (Wildman–Crippen LogP) is 2.60. The van der Waals surface area contributed by atoms with Gasteiger partial charge in [0, 0.05) is 37.8 Å². The minimum atomic E-state index is -4.59. The first kappa shape index (κ1) is 27.9. The second-order valence-electron chi connectivity index (χ2n) is 10.1. The summed E-state index contributed by atoms with van der Waals surface area (Å²) in [4.78, 5) is 15.2. The van der Waals surface area contributed by atoms with E-state index >= 15 is 0 Å². The maximum absolute atomic E-state index is 14.4. The quantitative estimate of drug-likeness (QED) is 0.429. The molecule has 0 radical (unpaired) electrons. The lowest BCUT2D eigenvalue weighted by Crippen LogP contribution is -2.72. The van der Waals surface area contributed by atoms with Crippen molar-refractivity contribution in [3.8, 4) is 0 Å². The summed E-state index contributed by atoms with van der Waals surface area (Å²) in [5, 5.41) is 6.07.